The Morgan fingerprint density at radius 2 is 1.88 bits per heavy atom. The zero-order valence-corrected chi connectivity index (χ0v) is 19.5. The maximum absolute atomic E-state index is 14.1. The summed E-state index contributed by atoms with van der Waals surface area (Å²) in [4.78, 5) is 23.9. The molecule has 0 unspecified atom stereocenters. The van der Waals surface area contributed by atoms with Crippen LogP contribution in [0.4, 0.5) is 8.78 Å². The Morgan fingerprint density at radius 1 is 1.18 bits per heavy atom. The fourth-order valence-electron chi connectivity index (χ4n) is 4.40. The molecule has 33 heavy (non-hydrogen) atoms. The summed E-state index contributed by atoms with van der Waals surface area (Å²) >= 11 is 0. The first kappa shape index (κ1) is 27.0. The minimum atomic E-state index is -3.39. The highest BCUT2D eigenvalue weighted by atomic mass is 19.3. The van der Waals surface area contributed by atoms with E-state index in [0.717, 1.165) is 25.7 Å². The van der Waals surface area contributed by atoms with Gasteiger partial charge in [-0.2, -0.15) is 8.78 Å². The molecule has 1 amide bonds. The normalized spacial score (nSPS) is 19.8. The molecule has 3 atom stereocenters. The van der Waals surface area contributed by atoms with E-state index in [2.05, 4.69) is 12.1 Å². The van der Waals surface area contributed by atoms with Gasteiger partial charge >= 0.3 is 11.9 Å². The molecule has 0 aliphatic carbocycles. The molecule has 184 valence electrons. The number of halogens is 2. The van der Waals surface area contributed by atoms with Crippen LogP contribution in [0.5, 0.6) is 0 Å². The number of aliphatic carboxylic acids is 1. The minimum Gasteiger partial charge on any atom is -0.481 e. The number of likely N-dealkylation sites (tertiary alicyclic amines) is 1. The molecule has 0 aromatic heterocycles. The molecule has 0 spiro atoms. The molecule has 1 aromatic carbocycles. The lowest BCUT2D eigenvalue weighted by molar-refractivity contribution is -0.148. The number of hydrogen-bond donors (Lipinski definition) is 2. The summed E-state index contributed by atoms with van der Waals surface area (Å²) in [5, 5.41) is 19.3. The van der Waals surface area contributed by atoms with Gasteiger partial charge in [-0.15, -0.1) is 0 Å². The predicted molar refractivity (Wildman–Crippen MR) is 124 cm³/mol. The molecule has 1 fully saturated rings. The van der Waals surface area contributed by atoms with Gasteiger partial charge in [0.1, 0.15) is 0 Å². The Hall–Kier alpha value is -2.28. The number of aliphatic hydroxyl groups excluding tert-OH is 1. The second kappa shape index (κ2) is 13.4. The van der Waals surface area contributed by atoms with Crippen LogP contribution >= 0.6 is 0 Å². The van der Waals surface area contributed by atoms with Gasteiger partial charge < -0.3 is 15.1 Å². The Labute approximate surface area is 195 Å². The summed E-state index contributed by atoms with van der Waals surface area (Å²) in [6.07, 6.45) is 7.84. The molecule has 1 saturated heterocycles. The zero-order valence-electron chi connectivity index (χ0n) is 19.5. The van der Waals surface area contributed by atoms with Crippen molar-refractivity contribution in [2.75, 3.05) is 6.54 Å². The highest BCUT2D eigenvalue weighted by Crippen LogP contribution is 2.34. The van der Waals surface area contributed by atoms with Gasteiger partial charge in [-0.05, 0) is 43.6 Å². The SMILES string of the molecule is CC[C@@H](CCCc1ccccc1)[C@H](O)/C=C/[C@H]1CC(F)(F)C(=O)N1CCCCCCC(=O)O. The number of aryl methyl sites for hydroxylation is 1. The molecule has 5 nitrogen and oxygen atoms in total. The van der Waals surface area contributed by atoms with E-state index >= 15 is 0 Å². The molecule has 1 aliphatic rings. The van der Waals surface area contributed by atoms with E-state index in [1.807, 2.05) is 25.1 Å². The van der Waals surface area contributed by atoms with Gasteiger partial charge in [-0.3, -0.25) is 9.59 Å². The third kappa shape index (κ3) is 8.88. The molecule has 2 rings (SSSR count). The lowest BCUT2D eigenvalue weighted by Crippen LogP contribution is -2.36. The zero-order chi connectivity index (χ0) is 24.3. The van der Waals surface area contributed by atoms with Crippen molar-refractivity contribution >= 4 is 11.9 Å². The van der Waals surface area contributed by atoms with Gasteiger partial charge in [0.25, 0.3) is 5.91 Å². The molecule has 0 saturated carbocycles. The molecular formula is C26H37F2NO4. The Kier molecular flexibility index (Phi) is 11.0. The van der Waals surface area contributed by atoms with Crippen LogP contribution in [-0.4, -0.2) is 51.6 Å². The maximum atomic E-state index is 14.1. The summed E-state index contributed by atoms with van der Waals surface area (Å²) in [7, 11) is 0. The second-order valence-electron chi connectivity index (χ2n) is 8.95. The van der Waals surface area contributed by atoms with Gasteiger partial charge in [0.15, 0.2) is 0 Å². The van der Waals surface area contributed by atoms with Crippen LogP contribution in [0.1, 0.15) is 70.3 Å². The van der Waals surface area contributed by atoms with Gasteiger partial charge in [-0.25, -0.2) is 0 Å². The lowest BCUT2D eigenvalue weighted by atomic mass is 9.91. The number of carbonyl (C=O) groups is 2. The molecule has 0 bridgehead atoms. The third-order valence-corrected chi connectivity index (χ3v) is 6.40. The number of benzene rings is 1. The number of alkyl halides is 2. The van der Waals surface area contributed by atoms with E-state index in [9.17, 15) is 23.5 Å². The quantitative estimate of drug-likeness (QED) is 0.275. The molecule has 1 aliphatic heterocycles. The molecule has 0 radical (unpaired) electrons. The van der Waals surface area contributed by atoms with Crippen LogP contribution in [0.15, 0.2) is 42.5 Å². The Morgan fingerprint density at radius 3 is 2.55 bits per heavy atom. The topological polar surface area (TPSA) is 77.8 Å². The Bertz CT molecular complexity index is 769. The van der Waals surface area contributed by atoms with E-state index in [-0.39, 0.29) is 18.9 Å². The summed E-state index contributed by atoms with van der Waals surface area (Å²) in [5.41, 5.74) is 1.25. The lowest BCUT2D eigenvalue weighted by Gasteiger charge is -2.23. The summed E-state index contributed by atoms with van der Waals surface area (Å²) in [6.45, 7) is 2.22. The van der Waals surface area contributed by atoms with Crippen LogP contribution in [0.3, 0.4) is 0 Å². The standard InChI is InChI=1S/C26H37F2NO4/c1-2-21(14-10-13-20-11-6-5-7-12-20)23(30)17-16-22-19-26(27,28)25(33)29(22)18-9-4-3-8-15-24(31)32/h5-7,11-12,16-17,21-23,30H,2-4,8-10,13-15,18-19H2,1H3,(H,31,32)/b17-16+/t21-,22-,23+/m0/s1. The van der Waals surface area contributed by atoms with Crippen LogP contribution < -0.4 is 0 Å². The number of hydrogen-bond acceptors (Lipinski definition) is 3. The van der Waals surface area contributed by atoms with Gasteiger partial charge in [0.2, 0.25) is 0 Å². The summed E-state index contributed by atoms with van der Waals surface area (Å²) < 4.78 is 28.2. The summed E-state index contributed by atoms with van der Waals surface area (Å²) in [5.74, 6) is -5.36. The van der Waals surface area contributed by atoms with Crippen molar-refractivity contribution in [3.05, 3.63) is 48.0 Å². The smallest absolute Gasteiger partial charge is 0.327 e. The minimum absolute atomic E-state index is 0.0327. The van der Waals surface area contributed by atoms with E-state index in [0.29, 0.717) is 25.7 Å². The second-order valence-corrected chi connectivity index (χ2v) is 8.95. The first-order valence-corrected chi connectivity index (χ1v) is 12.1. The molecule has 2 N–H and O–H groups in total. The van der Waals surface area contributed by atoms with Crippen LogP contribution in [0.25, 0.3) is 0 Å². The van der Waals surface area contributed by atoms with Crippen LogP contribution in [0.2, 0.25) is 0 Å². The average molecular weight is 466 g/mol. The highest BCUT2D eigenvalue weighted by Gasteiger charge is 2.52. The van der Waals surface area contributed by atoms with Crippen molar-refractivity contribution in [3.63, 3.8) is 0 Å². The van der Waals surface area contributed by atoms with Crippen LogP contribution in [-0.2, 0) is 16.0 Å². The number of unbranched alkanes of at least 4 members (excludes halogenated alkanes) is 3. The van der Waals surface area contributed by atoms with E-state index in [1.165, 1.54) is 10.5 Å². The van der Waals surface area contributed by atoms with E-state index in [1.54, 1.807) is 12.2 Å². The van der Waals surface area contributed by atoms with Crippen molar-refractivity contribution in [2.24, 2.45) is 5.92 Å². The number of carboxylic acids is 1. The van der Waals surface area contributed by atoms with Crippen molar-refractivity contribution < 1.29 is 28.6 Å². The third-order valence-electron chi connectivity index (χ3n) is 6.40. The molecule has 1 heterocycles. The largest absolute Gasteiger partial charge is 0.481 e. The van der Waals surface area contributed by atoms with Gasteiger partial charge in [0, 0.05) is 19.4 Å². The number of amides is 1. The highest BCUT2D eigenvalue weighted by molar-refractivity contribution is 5.86. The fourth-order valence-corrected chi connectivity index (χ4v) is 4.40. The first-order valence-electron chi connectivity index (χ1n) is 12.1. The summed E-state index contributed by atoms with van der Waals surface area (Å²) in [6, 6.07) is 9.41. The average Bonchev–Trinajstić information content (AvgIpc) is 3.00. The molecule has 1 aromatic rings. The number of rotatable bonds is 15. The predicted octanol–water partition coefficient (Wildman–Crippen LogP) is 5.22. The number of aliphatic hydroxyl groups is 1. The number of carboxylic acid groups (broad SMARTS) is 1. The Balaban J connectivity index is 1.85. The van der Waals surface area contributed by atoms with Crippen molar-refractivity contribution in [1.82, 2.24) is 4.90 Å². The monoisotopic (exact) mass is 465 g/mol. The molecular weight excluding hydrogens is 428 g/mol. The van der Waals surface area contributed by atoms with E-state index in [4.69, 9.17) is 5.11 Å². The van der Waals surface area contributed by atoms with Crippen LogP contribution in [0, 0.1) is 5.92 Å². The number of nitrogens with zero attached hydrogens (tertiary/aromatic N) is 1. The van der Waals surface area contributed by atoms with Crippen molar-refractivity contribution in [3.8, 4) is 0 Å². The first-order chi connectivity index (χ1) is 15.7. The number of carbonyl (C=O) groups excluding carboxylic acids is 1. The molecule has 7 heteroatoms. The van der Waals surface area contributed by atoms with E-state index < -0.39 is 36.4 Å². The maximum Gasteiger partial charge on any atom is 0.327 e. The van der Waals surface area contributed by atoms with Gasteiger partial charge in [-0.1, -0.05) is 68.7 Å². The van der Waals surface area contributed by atoms with Crippen molar-refractivity contribution in [1.29, 1.82) is 0 Å². The van der Waals surface area contributed by atoms with Crippen molar-refractivity contribution in [2.45, 2.75) is 89.2 Å². The van der Waals surface area contributed by atoms with Gasteiger partial charge in [0.05, 0.1) is 12.1 Å². The fraction of sp³-hybridized carbons (Fsp3) is 0.615.